The molecule has 4 rings (SSSR count). The first kappa shape index (κ1) is 49.0. The molecular weight excluding hydrogens is 857 g/mol. The SMILES string of the molecule is Cn1ccnc1C(CC(=O)[O-])c1nccn1C.Cn1ccnc1C(CC(=O)[O-])c1nccn1C.F[P-](F)(F)(F)(F)F.F[P-](F)(F)(F)(F)F.[Cu+2].[Cu+2]. The zero-order valence-corrected chi connectivity index (χ0v) is 29.1. The summed E-state index contributed by atoms with van der Waals surface area (Å²) in [5.74, 6) is -0.319. The van der Waals surface area contributed by atoms with Gasteiger partial charge in [-0.3, -0.25) is 0 Å². The maximum Gasteiger partial charge on any atom is 2.00 e. The molecule has 0 atom stereocenters. The molecule has 0 N–H and O–H groups in total. The standard InChI is InChI=1S/2C11H14N4O2.2Cu.2F6P/c2*1-14-5-3-12-10(14)8(7-9(16)17)11-13-4-6-15(11)2;;;2*1-7(2,3,4,5)6/h2*3-6,8H,7H2,1-2H3,(H,16,17);;;;/q;;2*+2;2*-1/p-2. The summed E-state index contributed by atoms with van der Waals surface area (Å²) in [6.45, 7) is 0. The number of carbonyl (C=O) groups is 2. The van der Waals surface area contributed by atoms with Crippen molar-refractivity contribution < 1.29 is 104 Å². The molecule has 4 aromatic heterocycles. The monoisotopic (exact) mass is 882 g/mol. The number of carboxylic acid groups (broad SMARTS) is 2. The smallest absolute Gasteiger partial charge is 2.00 e. The van der Waals surface area contributed by atoms with Crippen molar-refractivity contribution >= 4 is 27.6 Å². The second kappa shape index (κ2) is 15.6. The van der Waals surface area contributed by atoms with Crippen LogP contribution in [0.15, 0.2) is 49.6 Å². The van der Waals surface area contributed by atoms with Gasteiger partial charge >= 0.3 is 100 Å². The molecule has 2 radical (unpaired) electrons. The third-order valence-corrected chi connectivity index (χ3v) is 5.42. The van der Waals surface area contributed by atoms with Gasteiger partial charge in [0.05, 0.1) is 11.8 Å². The van der Waals surface area contributed by atoms with Crippen LogP contribution in [-0.4, -0.2) is 50.1 Å². The minimum absolute atomic E-state index is 0. The Labute approximate surface area is 295 Å². The van der Waals surface area contributed by atoms with Gasteiger partial charge in [0.1, 0.15) is 23.3 Å². The zero-order chi connectivity index (χ0) is 37.6. The van der Waals surface area contributed by atoms with Gasteiger partial charge < -0.3 is 38.1 Å². The van der Waals surface area contributed by atoms with Crippen molar-refractivity contribution in [2.24, 2.45) is 28.2 Å². The van der Waals surface area contributed by atoms with E-state index in [1.165, 1.54) is 0 Å². The second-order valence-corrected chi connectivity index (χ2v) is 13.6. The van der Waals surface area contributed by atoms with Crippen LogP contribution >= 0.6 is 15.6 Å². The van der Waals surface area contributed by atoms with Crippen LogP contribution in [0, 0.1) is 0 Å². The first-order chi connectivity index (χ1) is 21.1. The topological polar surface area (TPSA) is 152 Å². The summed E-state index contributed by atoms with van der Waals surface area (Å²) in [6.07, 6.45) is 13.4. The fourth-order valence-electron chi connectivity index (χ4n) is 3.78. The molecule has 0 saturated heterocycles. The van der Waals surface area contributed by atoms with Gasteiger partial charge in [-0.25, -0.2) is 19.9 Å². The Kier molecular flexibility index (Phi) is 15.3. The maximum atomic E-state index is 10.8. The van der Waals surface area contributed by atoms with Gasteiger partial charge in [-0.15, -0.1) is 0 Å². The molecule has 0 fully saturated rings. The van der Waals surface area contributed by atoms with E-state index in [2.05, 4.69) is 19.9 Å². The van der Waals surface area contributed by atoms with E-state index in [9.17, 15) is 70.2 Å². The van der Waals surface area contributed by atoms with Crippen molar-refractivity contribution in [2.75, 3.05) is 0 Å². The molecular formula is C22H26Cu2F12N8O4P2. The predicted octanol–water partition coefficient (Wildman–Crippen LogP) is 5.61. The number of rotatable bonds is 8. The van der Waals surface area contributed by atoms with Crippen molar-refractivity contribution in [1.29, 1.82) is 0 Å². The molecule has 4 heterocycles. The average Bonchev–Trinajstić information content (AvgIpc) is 3.62. The number of hydrogen-bond donors (Lipinski definition) is 0. The Morgan fingerprint density at radius 2 is 0.680 bits per heavy atom. The van der Waals surface area contributed by atoms with E-state index in [1.807, 2.05) is 28.2 Å². The van der Waals surface area contributed by atoms with Gasteiger partial charge in [-0.05, 0) is 0 Å². The van der Waals surface area contributed by atoms with Crippen molar-refractivity contribution in [2.45, 2.75) is 24.7 Å². The van der Waals surface area contributed by atoms with Gasteiger partial charge in [0.15, 0.2) is 0 Å². The van der Waals surface area contributed by atoms with Crippen molar-refractivity contribution in [3.05, 3.63) is 72.9 Å². The third kappa shape index (κ3) is 23.3. The van der Waals surface area contributed by atoms with E-state index in [1.54, 1.807) is 67.8 Å². The molecule has 0 amide bonds. The molecule has 0 aliphatic heterocycles. The normalized spacial score (nSPS) is 14.0. The van der Waals surface area contributed by atoms with Crippen molar-refractivity contribution in [3.63, 3.8) is 0 Å². The van der Waals surface area contributed by atoms with E-state index >= 15 is 0 Å². The van der Waals surface area contributed by atoms with Gasteiger partial charge in [-0.1, -0.05) is 0 Å². The summed E-state index contributed by atoms with van der Waals surface area (Å²) in [5, 5.41) is 21.7. The molecule has 0 spiro atoms. The molecule has 12 nitrogen and oxygen atoms in total. The first-order valence-electron chi connectivity index (χ1n) is 12.5. The second-order valence-electron chi connectivity index (χ2n) is 9.76. The first-order valence-corrected chi connectivity index (χ1v) is 16.6. The number of halogens is 12. The van der Waals surface area contributed by atoms with E-state index in [0.717, 1.165) is 0 Å². The van der Waals surface area contributed by atoms with Crippen LogP contribution < -0.4 is 10.2 Å². The average molecular weight is 884 g/mol. The Morgan fingerprint density at radius 1 is 0.520 bits per heavy atom. The van der Waals surface area contributed by atoms with Crippen LogP contribution in [0.1, 0.15) is 48.0 Å². The summed E-state index contributed by atoms with van der Waals surface area (Å²) in [6, 6.07) is 0. The Morgan fingerprint density at radius 3 is 0.780 bits per heavy atom. The number of aryl methyl sites for hydroxylation is 4. The van der Waals surface area contributed by atoms with Gasteiger partial charge in [-0.2, -0.15) is 0 Å². The maximum absolute atomic E-state index is 10.8. The zero-order valence-electron chi connectivity index (χ0n) is 25.4. The van der Waals surface area contributed by atoms with Crippen LogP contribution in [0.2, 0.25) is 0 Å². The molecule has 0 aromatic carbocycles. The molecule has 0 unspecified atom stereocenters. The third-order valence-electron chi connectivity index (χ3n) is 5.42. The van der Waals surface area contributed by atoms with E-state index in [4.69, 9.17) is 0 Å². The summed E-state index contributed by atoms with van der Waals surface area (Å²) in [5.41, 5.74) is 0. The predicted molar refractivity (Wildman–Crippen MR) is 143 cm³/mol. The molecule has 0 saturated carbocycles. The summed E-state index contributed by atoms with van der Waals surface area (Å²) in [7, 11) is -14.0. The van der Waals surface area contributed by atoms with Gasteiger partial charge in [0.25, 0.3) is 0 Å². The quantitative estimate of drug-likeness (QED) is 0.126. The molecule has 0 aliphatic rings. The van der Waals surface area contributed by atoms with E-state index in [-0.39, 0.29) is 58.8 Å². The van der Waals surface area contributed by atoms with Gasteiger partial charge in [0.2, 0.25) is 0 Å². The molecule has 0 bridgehead atoms. The van der Waals surface area contributed by atoms with E-state index < -0.39 is 27.6 Å². The number of aromatic nitrogens is 8. The van der Waals surface area contributed by atoms with Crippen LogP contribution in [0.25, 0.3) is 0 Å². The Bertz CT molecular complexity index is 1480. The molecule has 28 heteroatoms. The summed E-state index contributed by atoms with van der Waals surface area (Å²) in [4.78, 5) is 38.4. The number of nitrogens with zero attached hydrogens (tertiary/aromatic N) is 8. The Balaban J connectivity index is 0. The molecule has 4 aromatic rings. The van der Waals surface area contributed by atoms with Gasteiger partial charge in [0, 0.05) is 103 Å². The van der Waals surface area contributed by atoms with Crippen molar-refractivity contribution in [3.8, 4) is 0 Å². The van der Waals surface area contributed by atoms with Crippen LogP contribution in [0.3, 0.4) is 0 Å². The number of aliphatic carboxylic acids is 2. The Hall–Kier alpha value is -3.16. The summed E-state index contributed by atoms with van der Waals surface area (Å²) < 4.78 is 126. The van der Waals surface area contributed by atoms with Crippen LogP contribution in [0.4, 0.5) is 50.4 Å². The number of carbonyl (C=O) groups excluding carboxylic acids is 2. The molecule has 0 aliphatic carbocycles. The van der Waals surface area contributed by atoms with Crippen LogP contribution in [0.5, 0.6) is 0 Å². The minimum Gasteiger partial charge on any atom is 2.00 e. The number of imidazole rings is 4. The molecule has 294 valence electrons. The van der Waals surface area contributed by atoms with Crippen LogP contribution in [-0.2, 0) is 71.9 Å². The number of hydrogen-bond acceptors (Lipinski definition) is 8. The number of carboxylic acids is 2. The van der Waals surface area contributed by atoms with Crippen molar-refractivity contribution in [1.82, 2.24) is 38.2 Å². The fraction of sp³-hybridized carbons (Fsp3) is 0.364. The summed E-state index contributed by atoms with van der Waals surface area (Å²) >= 11 is 0. The molecule has 50 heavy (non-hydrogen) atoms. The minimum atomic E-state index is -10.7. The largest absolute Gasteiger partial charge is 2.00 e. The van der Waals surface area contributed by atoms with E-state index in [0.29, 0.717) is 23.3 Å². The fourth-order valence-corrected chi connectivity index (χ4v) is 3.78.